The van der Waals surface area contributed by atoms with Crippen LogP contribution in [0.5, 0.6) is 0 Å². The minimum absolute atomic E-state index is 0.0158. The quantitative estimate of drug-likeness (QED) is 0.173. The van der Waals surface area contributed by atoms with Crippen molar-refractivity contribution in [3.63, 3.8) is 0 Å². The summed E-state index contributed by atoms with van der Waals surface area (Å²) >= 11 is 0. The molecule has 4 heterocycles. The van der Waals surface area contributed by atoms with Gasteiger partial charge in [-0.25, -0.2) is 9.18 Å². The zero-order valence-corrected chi connectivity index (χ0v) is 26.9. The van der Waals surface area contributed by atoms with Gasteiger partial charge >= 0.3 is 12.1 Å². The van der Waals surface area contributed by atoms with E-state index in [4.69, 9.17) is 14.2 Å². The molecule has 2 aromatic heterocycles. The van der Waals surface area contributed by atoms with Crippen LogP contribution in [0.4, 0.5) is 9.18 Å². The van der Waals surface area contributed by atoms with Gasteiger partial charge in [0.05, 0.1) is 42.5 Å². The van der Waals surface area contributed by atoms with E-state index in [2.05, 4.69) is 21.8 Å². The fourth-order valence-corrected chi connectivity index (χ4v) is 9.40. The Hall–Kier alpha value is -4.50. The summed E-state index contributed by atoms with van der Waals surface area (Å²) in [5.41, 5.74) is 6.28. The number of benzene rings is 3. The summed E-state index contributed by atoms with van der Waals surface area (Å²) in [5, 5.41) is 6.39. The largest absolute Gasteiger partial charge is 0.469 e. The minimum atomic E-state index is -0.528. The van der Waals surface area contributed by atoms with Crippen LogP contribution in [0.15, 0.2) is 72.9 Å². The molecule has 3 aromatic carbocycles. The highest BCUT2D eigenvalue weighted by Crippen LogP contribution is 2.66. The predicted molar refractivity (Wildman–Crippen MR) is 178 cm³/mol. The zero-order valence-electron chi connectivity index (χ0n) is 26.9. The normalized spacial score (nSPS) is 27.6. The third-order valence-electron chi connectivity index (χ3n) is 11.5. The first-order valence-corrected chi connectivity index (χ1v) is 17.1. The van der Waals surface area contributed by atoms with Crippen molar-refractivity contribution in [3.05, 3.63) is 95.6 Å². The number of aromatic nitrogens is 3. The lowest BCUT2D eigenvalue weighted by atomic mass is 9.47. The second kappa shape index (κ2) is 11.3. The SMILES string of the molecule is COC(=O)C1CC2(C1)CC(c1c(C3CC4CCC(C3)O4)n(-c3ccc(F)cc3)c3cc4cnn(C(=O)OCc5ccccc5)c4cc13)C2. The van der Waals surface area contributed by atoms with Crippen molar-refractivity contribution >= 4 is 33.9 Å². The molecular formula is C39H38FN3O5. The van der Waals surface area contributed by atoms with E-state index >= 15 is 0 Å². The van der Waals surface area contributed by atoms with Crippen molar-refractivity contribution in [2.75, 3.05) is 7.11 Å². The monoisotopic (exact) mass is 647 g/mol. The van der Waals surface area contributed by atoms with E-state index in [1.807, 2.05) is 42.5 Å². The molecule has 0 radical (unpaired) electrons. The first-order valence-electron chi connectivity index (χ1n) is 17.1. The summed E-state index contributed by atoms with van der Waals surface area (Å²) in [6.07, 6.45) is 9.48. The van der Waals surface area contributed by atoms with Gasteiger partial charge in [-0.15, -0.1) is 0 Å². The highest BCUT2D eigenvalue weighted by atomic mass is 19.1. The van der Waals surface area contributed by atoms with Crippen LogP contribution >= 0.6 is 0 Å². The number of methoxy groups -OCH3 is 1. The third kappa shape index (κ3) is 4.85. The summed E-state index contributed by atoms with van der Waals surface area (Å²) < 4.78 is 35.0. The van der Waals surface area contributed by atoms with Crippen molar-refractivity contribution in [2.45, 2.75) is 82.0 Å². The van der Waals surface area contributed by atoms with Crippen LogP contribution in [0, 0.1) is 17.2 Å². The Morgan fingerprint density at radius 1 is 0.938 bits per heavy atom. The lowest BCUT2D eigenvalue weighted by molar-refractivity contribution is -0.159. The van der Waals surface area contributed by atoms with Crippen molar-refractivity contribution in [1.29, 1.82) is 0 Å². The van der Waals surface area contributed by atoms with E-state index in [9.17, 15) is 14.0 Å². The van der Waals surface area contributed by atoms with E-state index in [-0.39, 0.29) is 47.9 Å². The number of fused-ring (bicyclic) bond motifs is 4. The molecule has 9 rings (SSSR count). The first kappa shape index (κ1) is 29.6. The Kier molecular flexibility index (Phi) is 6.97. The molecule has 4 fully saturated rings. The van der Waals surface area contributed by atoms with E-state index in [1.165, 1.54) is 35.2 Å². The maximum atomic E-state index is 14.3. The number of nitrogens with zero attached hydrogens (tertiary/aromatic N) is 3. The van der Waals surface area contributed by atoms with Crippen LogP contribution in [0.25, 0.3) is 27.5 Å². The topological polar surface area (TPSA) is 84.6 Å². The number of halogens is 1. The van der Waals surface area contributed by atoms with Gasteiger partial charge < -0.3 is 18.8 Å². The molecule has 2 saturated carbocycles. The zero-order chi connectivity index (χ0) is 32.6. The Labute approximate surface area is 277 Å². The van der Waals surface area contributed by atoms with Gasteiger partial charge in [0, 0.05) is 28.1 Å². The maximum absolute atomic E-state index is 14.3. The van der Waals surface area contributed by atoms with Gasteiger partial charge in [-0.1, -0.05) is 30.3 Å². The molecule has 4 aliphatic rings. The molecule has 8 nitrogen and oxygen atoms in total. The number of hydrogen-bond donors (Lipinski definition) is 0. The summed E-state index contributed by atoms with van der Waals surface area (Å²) in [6, 6.07) is 20.6. The average Bonchev–Trinajstić information content (AvgIpc) is 3.74. The molecule has 246 valence electrons. The van der Waals surface area contributed by atoms with Crippen LogP contribution in [-0.4, -0.2) is 45.7 Å². The Morgan fingerprint density at radius 3 is 2.38 bits per heavy atom. The Bertz CT molecular complexity index is 2030. The molecule has 5 aromatic rings. The smallest absolute Gasteiger partial charge is 0.435 e. The molecule has 0 amide bonds. The van der Waals surface area contributed by atoms with Gasteiger partial charge in [-0.2, -0.15) is 9.78 Å². The van der Waals surface area contributed by atoms with Crippen molar-refractivity contribution in [3.8, 4) is 5.69 Å². The van der Waals surface area contributed by atoms with Crippen LogP contribution in [0.1, 0.15) is 80.0 Å². The summed E-state index contributed by atoms with van der Waals surface area (Å²) in [7, 11) is 1.47. The molecule has 2 aliphatic heterocycles. The average molecular weight is 648 g/mol. The molecule has 2 bridgehead atoms. The number of hydrogen-bond acceptors (Lipinski definition) is 6. The molecule has 0 N–H and O–H groups in total. The lowest BCUT2D eigenvalue weighted by Gasteiger charge is -2.57. The van der Waals surface area contributed by atoms with E-state index in [0.717, 1.165) is 78.9 Å². The summed E-state index contributed by atoms with van der Waals surface area (Å²) in [6.45, 7) is 0.155. The van der Waals surface area contributed by atoms with Gasteiger partial charge in [-0.3, -0.25) is 4.79 Å². The van der Waals surface area contributed by atoms with Gasteiger partial charge in [0.1, 0.15) is 12.4 Å². The number of rotatable bonds is 6. The number of esters is 1. The summed E-state index contributed by atoms with van der Waals surface area (Å²) in [5.74, 6) is 0.176. The molecular weight excluding hydrogens is 609 g/mol. The molecule has 48 heavy (non-hydrogen) atoms. The molecule has 2 unspecified atom stereocenters. The van der Waals surface area contributed by atoms with E-state index < -0.39 is 6.09 Å². The number of ether oxygens (including phenoxy) is 3. The molecule has 2 atom stereocenters. The molecule has 9 heteroatoms. The Balaban J connectivity index is 1.17. The van der Waals surface area contributed by atoms with E-state index in [0.29, 0.717) is 11.4 Å². The van der Waals surface area contributed by atoms with Gasteiger partial charge in [0.25, 0.3) is 0 Å². The summed E-state index contributed by atoms with van der Waals surface area (Å²) in [4.78, 5) is 25.7. The second-order valence-electron chi connectivity index (χ2n) is 14.5. The Morgan fingerprint density at radius 2 is 1.67 bits per heavy atom. The maximum Gasteiger partial charge on any atom is 0.435 e. The third-order valence-corrected chi connectivity index (χ3v) is 11.5. The number of carbonyl (C=O) groups is 2. The lowest BCUT2D eigenvalue weighted by Crippen LogP contribution is -2.49. The van der Waals surface area contributed by atoms with Crippen LogP contribution in [-0.2, 0) is 25.6 Å². The van der Waals surface area contributed by atoms with Crippen molar-refractivity contribution in [1.82, 2.24) is 14.3 Å². The fourth-order valence-electron chi connectivity index (χ4n) is 9.40. The van der Waals surface area contributed by atoms with Crippen LogP contribution in [0.3, 0.4) is 0 Å². The highest BCUT2D eigenvalue weighted by Gasteiger charge is 2.56. The molecule has 2 saturated heterocycles. The van der Waals surface area contributed by atoms with Crippen LogP contribution in [0.2, 0.25) is 0 Å². The number of carbonyl (C=O) groups excluding carboxylic acids is 2. The van der Waals surface area contributed by atoms with Crippen molar-refractivity contribution < 1.29 is 28.2 Å². The van der Waals surface area contributed by atoms with Gasteiger partial charge in [0.15, 0.2) is 0 Å². The predicted octanol–water partition coefficient (Wildman–Crippen LogP) is 8.18. The molecule has 2 aliphatic carbocycles. The van der Waals surface area contributed by atoms with Gasteiger partial charge in [0.2, 0.25) is 0 Å². The van der Waals surface area contributed by atoms with E-state index in [1.54, 1.807) is 6.20 Å². The standard InChI is InChI=1S/C39H38FN3O5/c1-46-37(44)27-19-39(20-27)17-26(18-39)35-32-16-33-25(21-41-43(33)38(45)47-22-23-5-3-2-4-6-23)15-34(32)42(29-9-7-28(40)8-10-29)36(35)24-13-30-11-12-31(14-24)48-30/h2-10,15-16,21,24,26-27,30-31H,11-14,17-20,22H2,1H3. The van der Waals surface area contributed by atoms with Crippen molar-refractivity contribution in [2.24, 2.45) is 11.3 Å². The van der Waals surface area contributed by atoms with Crippen LogP contribution < -0.4 is 0 Å². The first-order chi connectivity index (χ1) is 23.4. The second-order valence-corrected chi connectivity index (χ2v) is 14.5. The highest BCUT2D eigenvalue weighted by molar-refractivity contribution is 6.01. The molecule has 1 spiro atoms. The fraction of sp³-hybridized carbons (Fsp3) is 0.410. The van der Waals surface area contributed by atoms with Gasteiger partial charge in [-0.05, 0) is 110 Å². The minimum Gasteiger partial charge on any atom is -0.469 e.